The maximum atomic E-state index is 13.8. The molecule has 706 valence electrons. The average molecular weight is 1840 g/mol. The van der Waals surface area contributed by atoms with Crippen LogP contribution in [0.15, 0.2) is 35.8 Å². The zero-order chi connectivity index (χ0) is 94.8. The molecule has 129 heavy (non-hydrogen) atoms. The van der Waals surface area contributed by atoms with Crippen LogP contribution in [0.25, 0.3) is 73.1 Å². The minimum Gasteiger partial charge on any atom is -0.457 e. The second-order valence-electron chi connectivity index (χ2n) is 29.2. The van der Waals surface area contributed by atoms with Crippen molar-refractivity contribution in [3.63, 3.8) is 0 Å². The van der Waals surface area contributed by atoms with Crippen molar-refractivity contribution in [3.8, 4) is 0 Å². The highest BCUT2D eigenvalue weighted by molar-refractivity contribution is 5.71. The van der Waals surface area contributed by atoms with Gasteiger partial charge in [-0.15, -0.1) is 0 Å². The quantitative estimate of drug-likeness (QED) is 0.0375. The molecule has 0 aromatic rings. The SMILES string of the molecule is CC(=O)OC1C[C@@H]2O[C@H]3OC(CN=[N+]=[N-])[C@@H](O[C@H]4CC(CN=[N+]=[N-])[C@@H](O[C@H]5OC(CN=[N+]=[N-])[C@@H](O[C@@H]6OC(CN=[N+]=[N-])[C@@H](O[C@@H]7OC(CN=[N+]=[N-])[C@@H](O[C@@H]8OC(CN=[N+]=[N-])[C@@H](O[C@H]1OC2CN=[N+]=[N-])[C@H](OC(C)=O)C8OC(C)=O)[C@@H](OC(C)=O)C7OC(C)=O)[C@H](OC(C)=O)C6OC(C)=O)[C@H](OC(C)=O)C5OC(C)=O)[C@H](OC(C)=O)C4OC(C)=O)[C@H](OC(C)=O)C3OC(C)=O. The molecule has 34 atom stereocenters. The van der Waals surface area contributed by atoms with E-state index in [-0.39, 0.29) is 0 Å². The van der Waals surface area contributed by atoms with E-state index in [1.54, 1.807) is 0 Å². The Kier molecular flexibility index (Phi) is 38.2. The molecule has 14 bridgehead atoms. The smallest absolute Gasteiger partial charge is 0.303 e. The standard InChI is InChI=1S/C69H91N21O39/c1-23(91)104-39-15-37-40(17-78-85-71)119-64(39)126-49-42(19-80-87-73)122-67(61(114-33(11)101)55(49)108-27(5)95)128-51-44(21-82-89-75)124-69(63(116-35(13)103)57(51)110-29(7)97)129-52-45(22-83-90-76)123-68(62(115-34(12)102)58(52)111-30(8)98)127-50-43(20-81-88-74)121-66(60(113-32(10)100)56(50)109-28(6)96)125-46-36(16-77-84-70)14-38(47(105-24(2)92)53(46)106-25(3)93)117-48-41(18-79-86-72)120-65(118-37)59(112-31(9)99)54(48)107-26(4)94/h36-69H,14-22H2,1-13H3/t36?,37-,38-,39?,40?,41?,42?,43?,44?,45?,46+,47?,48+,49+,50+,51+,52+,53-,54-,55-,56-,57+,58-,59?,60?,61?,62?,63?,64+,65-,66+,67-,68-,69-/m0/s1. The lowest BCUT2D eigenvalue weighted by Gasteiger charge is -2.52. The van der Waals surface area contributed by atoms with Crippen LogP contribution in [-0.2, 0) is 185 Å². The third kappa shape index (κ3) is 27.9. The molecular weight excluding hydrogens is 1750 g/mol. The van der Waals surface area contributed by atoms with E-state index in [0.29, 0.717) is 0 Å². The second-order valence-corrected chi connectivity index (χ2v) is 29.2. The van der Waals surface area contributed by atoms with Crippen LogP contribution in [0.2, 0.25) is 0 Å². The van der Waals surface area contributed by atoms with Crippen molar-refractivity contribution in [2.75, 3.05) is 45.8 Å². The van der Waals surface area contributed by atoms with E-state index in [9.17, 15) is 101 Å². The molecule has 20 aliphatic heterocycles. The van der Waals surface area contributed by atoms with Gasteiger partial charge in [-0.05, 0) is 51.1 Å². The summed E-state index contributed by atoms with van der Waals surface area (Å²) >= 11 is 0. The van der Waals surface area contributed by atoms with Crippen LogP contribution in [0.1, 0.15) is 103 Å². The van der Waals surface area contributed by atoms with Gasteiger partial charge >= 0.3 is 77.6 Å². The summed E-state index contributed by atoms with van der Waals surface area (Å²) in [5.41, 5.74) is 70.1. The summed E-state index contributed by atoms with van der Waals surface area (Å²) in [6, 6.07) is 0. The molecule has 1 aliphatic carbocycles. The largest absolute Gasteiger partial charge is 0.457 e. The van der Waals surface area contributed by atoms with Crippen LogP contribution < -0.4 is 0 Å². The third-order valence-electron chi connectivity index (χ3n) is 19.8. The average Bonchev–Trinajstić information content (AvgIpc) is 0.804. The van der Waals surface area contributed by atoms with Crippen molar-refractivity contribution in [2.45, 2.75) is 305 Å². The van der Waals surface area contributed by atoms with Crippen LogP contribution in [0.3, 0.4) is 0 Å². The van der Waals surface area contributed by atoms with E-state index < -0.39 is 345 Å². The van der Waals surface area contributed by atoms with Crippen molar-refractivity contribution >= 4 is 77.6 Å². The minimum atomic E-state index is -2.38. The van der Waals surface area contributed by atoms with E-state index in [0.717, 1.165) is 90.0 Å². The van der Waals surface area contributed by atoms with Crippen molar-refractivity contribution < 1.29 is 185 Å². The molecule has 0 aromatic carbocycles. The van der Waals surface area contributed by atoms with Crippen LogP contribution in [0.5, 0.6) is 0 Å². The van der Waals surface area contributed by atoms with Gasteiger partial charge in [0.15, 0.2) is 117 Å². The van der Waals surface area contributed by atoms with Gasteiger partial charge in [0.05, 0.1) is 88.1 Å². The summed E-state index contributed by atoms with van der Waals surface area (Å²) in [5, 5.41) is 25.8. The van der Waals surface area contributed by atoms with Crippen molar-refractivity contribution in [1.29, 1.82) is 0 Å². The Bertz CT molecular complexity index is 4320. The van der Waals surface area contributed by atoms with Gasteiger partial charge in [-0.1, -0.05) is 35.8 Å². The predicted octanol–water partition coefficient (Wildman–Crippen LogP) is 3.11. The molecule has 60 heteroatoms. The normalized spacial score (nSPS) is 35.8. The number of hydrogen-bond donors (Lipinski definition) is 0. The highest BCUT2D eigenvalue weighted by Crippen LogP contribution is 2.45. The van der Waals surface area contributed by atoms with Gasteiger partial charge in [-0.25, -0.2) is 0 Å². The Morgan fingerprint density at radius 1 is 0.217 bits per heavy atom. The fourth-order valence-electron chi connectivity index (χ4n) is 15.7. The highest BCUT2D eigenvalue weighted by Gasteiger charge is 2.64. The molecule has 20 saturated heterocycles. The first-order chi connectivity index (χ1) is 61.3. The highest BCUT2D eigenvalue weighted by atomic mass is 16.8. The van der Waals surface area contributed by atoms with Gasteiger partial charge in [-0.3, -0.25) is 62.3 Å². The predicted molar refractivity (Wildman–Crippen MR) is 403 cm³/mol. The maximum Gasteiger partial charge on any atom is 0.303 e. The molecule has 14 unspecified atom stereocenters. The number of carbonyl (C=O) groups is 13. The molecule has 0 spiro atoms. The van der Waals surface area contributed by atoms with E-state index >= 15 is 0 Å². The molecular formula is C69H91N21O39. The topological polar surface area (TPSA) is 803 Å². The first-order valence-corrected chi connectivity index (χ1v) is 39.2. The summed E-state index contributed by atoms with van der Waals surface area (Å²) in [5.74, 6) is -17.4. The molecule has 1 saturated carbocycles. The minimum absolute atomic E-state index is 0.676. The summed E-state index contributed by atoms with van der Waals surface area (Å²) < 4.78 is 163. The van der Waals surface area contributed by atoms with Gasteiger partial charge in [0.2, 0.25) is 0 Å². The van der Waals surface area contributed by atoms with Crippen LogP contribution >= 0.6 is 0 Å². The fourth-order valence-corrected chi connectivity index (χ4v) is 15.7. The second kappa shape index (κ2) is 48.2. The molecule has 20 heterocycles. The van der Waals surface area contributed by atoms with Crippen molar-refractivity contribution in [3.05, 3.63) is 73.1 Å². The number of ether oxygens (including phenoxy) is 26. The van der Waals surface area contributed by atoms with E-state index in [1.807, 2.05) is 0 Å². The zero-order valence-electron chi connectivity index (χ0n) is 70.8. The number of nitrogens with zero attached hydrogens (tertiary/aromatic N) is 21. The monoisotopic (exact) mass is 1840 g/mol. The molecule has 21 fully saturated rings. The molecule has 21 aliphatic rings. The summed E-state index contributed by atoms with van der Waals surface area (Å²) in [6.07, 6.45) is -71.2. The molecule has 0 amide bonds. The number of carbonyl (C=O) groups excluding carboxylic acids is 13. The lowest BCUT2D eigenvalue weighted by Crippen LogP contribution is -2.69. The molecule has 21 rings (SSSR count). The number of azide groups is 7. The summed E-state index contributed by atoms with van der Waals surface area (Å²) in [4.78, 5) is 198. The van der Waals surface area contributed by atoms with Gasteiger partial charge in [0, 0.05) is 137 Å². The van der Waals surface area contributed by atoms with Crippen LogP contribution in [0, 0.1) is 5.92 Å². The Balaban J connectivity index is 1.45. The first kappa shape index (κ1) is 102. The van der Waals surface area contributed by atoms with Crippen LogP contribution in [-0.4, -0.2) is 326 Å². The molecule has 0 aromatic heterocycles. The Labute approximate surface area is 726 Å². The number of rotatable bonds is 27. The summed E-state index contributed by atoms with van der Waals surface area (Å²) in [6.45, 7) is 4.66. The summed E-state index contributed by atoms with van der Waals surface area (Å²) in [7, 11) is 0. The van der Waals surface area contributed by atoms with Gasteiger partial charge < -0.3 is 123 Å². The van der Waals surface area contributed by atoms with E-state index in [4.69, 9.17) is 123 Å². The van der Waals surface area contributed by atoms with Gasteiger partial charge in [-0.2, -0.15) is 0 Å². The number of hydrogen-bond acceptors (Lipinski definition) is 46. The lowest BCUT2D eigenvalue weighted by molar-refractivity contribution is -0.389. The van der Waals surface area contributed by atoms with Crippen LogP contribution in [0.4, 0.5) is 0 Å². The van der Waals surface area contributed by atoms with E-state index in [1.165, 1.54) is 0 Å². The molecule has 60 nitrogen and oxygen atoms in total. The zero-order valence-corrected chi connectivity index (χ0v) is 70.8. The third-order valence-corrected chi connectivity index (χ3v) is 19.8. The maximum absolute atomic E-state index is 13.8. The van der Waals surface area contributed by atoms with Crippen molar-refractivity contribution in [1.82, 2.24) is 0 Å². The molecule has 0 radical (unpaired) electrons. The fraction of sp³-hybridized carbons (Fsp3) is 0.812. The lowest BCUT2D eigenvalue weighted by atomic mass is 9.79. The van der Waals surface area contributed by atoms with Crippen molar-refractivity contribution in [2.24, 2.45) is 41.7 Å². The Morgan fingerprint density at radius 3 is 0.682 bits per heavy atom. The Morgan fingerprint density at radius 2 is 0.419 bits per heavy atom. The Hall–Kier alpha value is -12.2. The first-order valence-electron chi connectivity index (χ1n) is 39.2. The molecule has 0 N–H and O–H groups in total. The number of esters is 13. The van der Waals surface area contributed by atoms with Gasteiger partial charge in [0.25, 0.3) is 0 Å². The van der Waals surface area contributed by atoms with E-state index in [2.05, 4.69) is 70.2 Å². The van der Waals surface area contributed by atoms with Gasteiger partial charge in [0.1, 0.15) is 36.6 Å².